The molecule has 0 fully saturated rings. The number of hydrogen-bond donors (Lipinski definition) is 2. The number of aromatic amines is 1. The van der Waals surface area contributed by atoms with Gasteiger partial charge >= 0.3 is 6.18 Å². The predicted octanol–water partition coefficient (Wildman–Crippen LogP) is 3.23. The highest BCUT2D eigenvalue weighted by atomic mass is 19.4. The lowest BCUT2D eigenvalue weighted by Gasteiger charge is -2.16. The van der Waals surface area contributed by atoms with Gasteiger partial charge in [0.05, 0.1) is 5.69 Å². The second-order valence-corrected chi connectivity index (χ2v) is 6.18. The maximum absolute atomic E-state index is 13.5. The molecule has 1 aromatic heterocycles. The van der Waals surface area contributed by atoms with Crippen LogP contribution >= 0.6 is 0 Å². The number of fused-ring (bicyclic) bond motifs is 1. The molecule has 1 aliphatic rings. The van der Waals surface area contributed by atoms with Crippen molar-refractivity contribution in [3.8, 4) is 5.75 Å². The Kier molecular flexibility index (Phi) is 5.21. The number of H-pyrrole nitrogens is 1. The normalized spacial score (nSPS) is 13.8. The van der Waals surface area contributed by atoms with Gasteiger partial charge in [-0.3, -0.25) is 14.4 Å². The van der Waals surface area contributed by atoms with Crippen LogP contribution in [0.3, 0.4) is 0 Å². The minimum atomic E-state index is -4.63. The van der Waals surface area contributed by atoms with Gasteiger partial charge in [0.2, 0.25) is 0 Å². The molecule has 0 saturated heterocycles. The van der Waals surface area contributed by atoms with Gasteiger partial charge in [-0.1, -0.05) is 0 Å². The molecular formula is C18H14F4N2O4. The maximum atomic E-state index is 13.5. The third-order valence-corrected chi connectivity index (χ3v) is 4.08. The van der Waals surface area contributed by atoms with Crippen molar-refractivity contribution in [3.63, 3.8) is 0 Å². The molecule has 0 aliphatic heterocycles. The monoisotopic (exact) mass is 398 g/mol. The summed E-state index contributed by atoms with van der Waals surface area (Å²) in [7, 11) is 0. The summed E-state index contributed by atoms with van der Waals surface area (Å²) in [5, 5.41) is 2.16. The standard InChI is InChI=1S/C18H14F4N2O4/c19-9-4-5-15(28-8-18(20,21)22)13(6-9)24-17(27)11-7-10-12(23-16(11)26)2-1-3-14(10)25/h4-7H,1-3,8H2,(H,23,26)(H,24,27). The number of benzene rings is 1. The van der Waals surface area contributed by atoms with Gasteiger partial charge in [0.1, 0.15) is 17.1 Å². The number of carbonyl (C=O) groups is 2. The second kappa shape index (κ2) is 7.45. The molecule has 1 aliphatic carbocycles. The lowest BCUT2D eigenvalue weighted by molar-refractivity contribution is -0.153. The number of pyridine rings is 1. The third-order valence-electron chi connectivity index (χ3n) is 4.08. The highest BCUT2D eigenvalue weighted by Gasteiger charge is 2.29. The molecule has 1 amide bonds. The summed E-state index contributed by atoms with van der Waals surface area (Å²) >= 11 is 0. The quantitative estimate of drug-likeness (QED) is 0.774. The van der Waals surface area contributed by atoms with Crippen LogP contribution in [0.1, 0.15) is 39.3 Å². The Morgan fingerprint density at radius 2 is 1.93 bits per heavy atom. The topological polar surface area (TPSA) is 88.3 Å². The summed E-state index contributed by atoms with van der Waals surface area (Å²) in [6.45, 7) is -1.64. The minimum Gasteiger partial charge on any atom is -0.482 e. The average molecular weight is 398 g/mol. The molecule has 1 heterocycles. The summed E-state index contributed by atoms with van der Waals surface area (Å²) < 4.78 is 55.2. The summed E-state index contributed by atoms with van der Waals surface area (Å²) in [6, 6.07) is 3.70. The molecule has 0 radical (unpaired) electrons. The summed E-state index contributed by atoms with van der Waals surface area (Å²) in [6.07, 6.45) is -3.29. The number of amides is 1. The fourth-order valence-electron chi connectivity index (χ4n) is 2.82. The second-order valence-electron chi connectivity index (χ2n) is 6.18. The van der Waals surface area contributed by atoms with Crippen LogP contribution in [0.25, 0.3) is 0 Å². The van der Waals surface area contributed by atoms with E-state index in [1.54, 1.807) is 0 Å². The SMILES string of the molecule is O=C1CCCc2[nH]c(=O)c(C(=O)Nc3cc(F)ccc3OCC(F)(F)F)cc21. The molecule has 0 unspecified atom stereocenters. The van der Waals surface area contributed by atoms with Crippen molar-refractivity contribution in [1.82, 2.24) is 4.98 Å². The van der Waals surface area contributed by atoms with Crippen LogP contribution in [-0.4, -0.2) is 29.5 Å². The van der Waals surface area contributed by atoms with Gasteiger partial charge in [-0.2, -0.15) is 13.2 Å². The molecule has 0 spiro atoms. The molecule has 148 valence electrons. The molecule has 2 aromatic rings. The largest absolute Gasteiger partial charge is 0.482 e. The number of alkyl halides is 3. The average Bonchev–Trinajstić information content (AvgIpc) is 2.60. The van der Waals surface area contributed by atoms with Gasteiger partial charge in [0.25, 0.3) is 11.5 Å². The number of carbonyl (C=O) groups excluding carboxylic acids is 2. The Morgan fingerprint density at radius 3 is 2.64 bits per heavy atom. The molecule has 10 heteroatoms. The number of anilines is 1. The number of aromatic nitrogens is 1. The van der Waals surface area contributed by atoms with Gasteiger partial charge in [-0.15, -0.1) is 0 Å². The van der Waals surface area contributed by atoms with E-state index < -0.39 is 41.4 Å². The molecule has 3 rings (SSSR count). The molecule has 28 heavy (non-hydrogen) atoms. The number of ketones is 1. The Hall–Kier alpha value is -3.17. The fraction of sp³-hybridized carbons (Fsp3) is 0.278. The van der Waals surface area contributed by atoms with Crippen LogP contribution in [0.15, 0.2) is 29.1 Å². The van der Waals surface area contributed by atoms with E-state index in [0.717, 1.165) is 24.3 Å². The van der Waals surface area contributed by atoms with Crippen molar-refractivity contribution in [2.45, 2.75) is 25.4 Å². The van der Waals surface area contributed by atoms with Crippen molar-refractivity contribution >= 4 is 17.4 Å². The van der Waals surface area contributed by atoms with Crippen molar-refractivity contribution < 1.29 is 31.9 Å². The van der Waals surface area contributed by atoms with E-state index in [4.69, 9.17) is 0 Å². The van der Waals surface area contributed by atoms with E-state index in [9.17, 15) is 31.9 Å². The van der Waals surface area contributed by atoms with Gasteiger partial charge in [0.15, 0.2) is 12.4 Å². The first-order chi connectivity index (χ1) is 13.1. The minimum absolute atomic E-state index is 0.212. The van der Waals surface area contributed by atoms with Crippen LogP contribution in [0.2, 0.25) is 0 Å². The summed E-state index contributed by atoms with van der Waals surface area (Å²) in [5.74, 6) is -2.49. The fourth-order valence-corrected chi connectivity index (χ4v) is 2.82. The van der Waals surface area contributed by atoms with Crippen molar-refractivity contribution in [1.29, 1.82) is 0 Å². The van der Waals surface area contributed by atoms with Crippen LogP contribution in [-0.2, 0) is 6.42 Å². The summed E-state index contributed by atoms with van der Waals surface area (Å²) in [5.41, 5.74) is -0.917. The molecule has 1 aromatic carbocycles. The Labute approximate surface area is 155 Å². The number of nitrogens with one attached hydrogen (secondary N) is 2. The van der Waals surface area contributed by atoms with Crippen LogP contribution in [0, 0.1) is 5.82 Å². The van der Waals surface area contributed by atoms with Crippen LogP contribution < -0.4 is 15.6 Å². The van der Waals surface area contributed by atoms with Gasteiger partial charge in [0, 0.05) is 23.7 Å². The van der Waals surface area contributed by atoms with Gasteiger partial charge in [-0.25, -0.2) is 4.39 Å². The number of hydrogen-bond acceptors (Lipinski definition) is 4. The van der Waals surface area contributed by atoms with E-state index in [0.29, 0.717) is 18.5 Å². The first kappa shape index (κ1) is 19.6. The Morgan fingerprint density at radius 1 is 1.18 bits per heavy atom. The number of ether oxygens (including phenoxy) is 1. The molecule has 0 atom stereocenters. The van der Waals surface area contributed by atoms with E-state index in [-0.39, 0.29) is 23.5 Å². The maximum Gasteiger partial charge on any atom is 0.422 e. The lowest BCUT2D eigenvalue weighted by atomic mass is 9.93. The van der Waals surface area contributed by atoms with E-state index in [1.807, 2.05) is 0 Å². The number of Topliss-reactive ketones (excluding diaryl/α,β-unsaturated/α-hetero) is 1. The zero-order valence-corrected chi connectivity index (χ0v) is 14.3. The van der Waals surface area contributed by atoms with Gasteiger partial charge < -0.3 is 15.0 Å². The van der Waals surface area contributed by atoms with Crippen LogP contribution in [0.4, 0.5) is 23.2 Å². The highest BCUT2D eigenvalue weighted by molar-refractivity contribution is 6.07. The number of halogens is 4. The van der Waals surface area contributed by atoms with Crippen molar-refractivity contribution in [2.75, 3.05) is 11.9 Å². The molecule has 0 saturated carbocycles. The zero-order valence-electron chi connectivity index (χ0n) is 14.3. The molecular weight excluding hydrogens is 384 g/mol. The molecule has 0 bridgehead atoms. The molecule has 2 N–H and O–H groups in total. The van der Waals surface area contributed by atoms with E-state index in [2.05, 4.69) is 15.0 Å². The Balaban J connectivity index is 1.89. The zero-order chi connectivity index (χ0) is 20.5. The first-order valence-corrected chi connectivity index (χ1v) is 8.24. The lowest BCUT2D eigenvalue weighted by Crippen LogP contribution is -2.27. The summed E-state index contributed by atoms with van der Waals surface area (Å²) in [4.78, 5) is 39.1. The highest BCUT2D eigenvalue weighted by Crippen LogP contribution is 2.28. The molecule has 6 nitrogen and oxygen atoms in total. The predicted molar refractivity (Wildman–Crippen MR) is 90.2 cm³/mol. The van der Waals surface area contributed by atoms with Crippen molar-refractivity contribution in [2.24, 2.45) is 0 Å². The third kappa shape index (κ3) is 4.38. The van der Waals surface area contributed by atoms with Crippen LogP contribution in [0.5, 0.6) is 5.75 Å². The Bertz CT molecular complexity index is 998. The smallest absolute Gasteiger partial charge is 0.422 e. The van der Waals surface area contributed by atoms with E-state index >= 15 is 0 Å². The van der Waals surface area contributed by atoms with Crippen molar-refractivity contribution in [3.05, 3.63) is 57.3 Å². The number of aryl methyl sites for hydroxylation is 1. The number of rotatable bonds is 4. The van der Waals surface area contributed by atoms with E-state index in [1.165, 1.54) is 0 Å². The first-order valence-electron chi connectivity index (χ1n) is 8.24. The van der Waals surface area contributed by atoms with Gasteiger partial charge in [-0.05, 0) is 31.0 Å².